The minimum absolute atomic E-state index is 0.225. The molecule has 0 unspecified atom stereocenters. The Morgan fingerprint density at radius 2 is 1.61 bits per heavy atom. The highest BCUT2D eigenvalue weighted by Gasteiger charge is 2.29. The van der Waals surface area contributed by atoms with Gasteiger partial charge in [0.25, 0.3) is 11.7 Å². The maximum Gasteiger partial charge on any atom is 0.335 e. The van der Waals surface area contributed by atoms with Crippen LogP contribution in [-0.4, -0.2) is 58.8 Å². The number of ketones is 1. The summed E-state index contributed by atoms with van der Waals surface area (Å²) < 4.78 is 0. The molecular weight excluding hydrogens is 394 g/mol. The number of nitrogens with zero attached hydrogens (tertiary/aromatic N) is 2. The van der Waals surface area contributed by atoms with Crippen molar-refractivity contribution in [1.29, 1.82) is 0 Å². The third-order valence-corrected chi connectivity index (χ3v) is 5.56. The first-order valence-electron chi connectivity index (χ1n) is 10.1. The van der Waals surface area contributed by atoms with Crippen LogP contribution in [0, 0.1) is 6.92 Å². The van der Waals surface area contributed by atoms with Gasteiger partial charge in [0, 0.05) is 48.8 Å². The molecule has 2 aromatic carbocycles. The average molecular weight is 417 g/mol. The monoisotopic (exact) mass is 417 g/mol. The topological polar surface area (TPSA) is 93.7 Å². The van der Waals surface area contributed by atoms with Crippen LogP contribution in [0.4, 0.5) is 5.69 Å². The lowest BCUT2D eigenvalue weighted by Gasteiger charge is -2.35. The van der Waals surface area contributed by atoms with Crippen LogP contribution in [0.1, 0.15) is 26.4 Å². The van der Waals surface area contributed by atoms with Gasteiger partial charge in [0.1, 0.15) is 0 Å². The van der Waals surface area contributed by atoms with Crippen LogP contribution < -0.4 is 4.90 Å². The second-order valence-electron chi connectivity index (χ2n) is 7.55. The van der Waals surface area contributed by atoms with Crippen molar-refractivity contribution in [2.75, 3.05) is 31.1 Å². The fourth-order valence-electron chi connectivity index (χ4n) is 3.83. The molecule has 1 aromatic heterocycles. The molecule has 0 aliphatic carbocycles. The van der Waals surface area contributed by atoms with Crippen LogP contribution in [-0.2, 0) is 4.79 Å². The van der Waals surface area contributed by atoms with Gasteiger partial charge in [-0.3, -0.25) is 9.59 Å². The minimum Gasteiger partial charge on any atom is -0.478 e. The summed E-state index contributed by atoms with van der Waals surface area (Å²) in [5, 5.41) is 9.18. The maximum absolute atomic E-state index is 12.9. The Hall–Kier alpha value is -3.87. The number of hydrogen-bond acceptors (Lipinski definition) is 4. The molecule has 2 heterocycles. The Bertz CT molecular complexity index is 1130. The van der Waals surface area contributed by atoms with Crippen molar-refractivity contribution in [2.45, 2.75) is 6.92 Å². The smallest absolute Gasteiger partial charge is 0.335 e. The number of piperazine rings is 1. The summed E-state index contributed by atoms with van der Waals surface area (Å²) in [5.41, 5.74) is 3.84. The Balaban J connectivity index is 1.43. The number of carboxylic acid groups (broad SMARTS) is 1. The number of benzene rings is 2. The van der Waals surface area contributed by atoms with Crippen LogP contribution in [0.3, 0.4) is 0 Å². The van der Waals surface area contributed by atoms with Crippen molar-refractivity contribution in [3.05, 3.63) is 77.5 Å². The van der Waals surface area contributed by atoms with Gasteiger partial charge < -0.3 is 19.9 Å². The molecule has 7 heteroatoms. The molecule has 1 amide bonds. The first kappa shape index (κ1) is 20.4. The fourth-order valence-corrected chi connectivity index (χ4v) is 3.83. The molecule has 0 atom stereocenters. The summed E-state index contributed by atoms with van der Waals surface area (Å²) in [4.78, 5) is 43.7. The van der Waals surface area contributed by atoms with Gasteiger partial charge in [0.2, 0.25) is 0 Å². The lowest BCUT2D eigenvalue weighted by atomic mass is 10.1. The normalized spacial score (nSPS) is 13.8. The SMILES string of the molecule is Cc1[nH]c(-c2ccccc2)cc1C(=O)C(=O)N1CCN(c2cccc(C(=O)O)c2)CC1. The van der Waals surface area contributed by atoms with E-state index in [2.05, 4.69) is 4.98 Å². The Morgan fingerprint density at radius 1 is 0.903 bits per heavy atom. The van der Waals surface area contributed by atoms with Crippen molar-refractivity contribution < 1.29 is 19.5 Å². The number of carbonyl (C=O) groups is 3. The van der Waals surface area contributed by atoms with Crippen molar-refractivity contribution in [1.82, 2.24) is 9.88 Å². The molecule has 158 valence electrons. The van der Waals surface area contributed by atoms with Gasteiger partial charge in [-0.15, -0.1) is 0 Å². The highest BCUT2D eigenvalue weighted by molar-refractivity contribution is 6.43. The van der Waals surface area contributed by atoms with Crippen molar-refractivity contribution in [2.24, 2.45) is 0 Å². The zero-order valence-electron chi connectivity index (χ0n) is 17.2. The number of carbonyl (C=O) groups excluding carboxylic acids is 2. The highest BCUT2D eigenvalue weighted by atomic mass is 16.4. The Morgan fingerprint density at radius 3 is 2.29 bits per heavy atom. The molecule has 1 aliphatic heterocycles. The number of amides is 1. The van der Waals surface area contributed by atoms with E-state index in [0.717, 1.165) is 16.9 Å². The number of aromatic amines is 1. The lowest BCUT2D eigenvalue weighted by molar-refractivity contribution is -0.126. The molecule has 0 saturated carbocycles. The number of rotatable bonds is 5. The molecule has 0 spiro atoms. The number of nitrogens with one attached hydrogen (secondary N) is 1. The van der Waals surface area contributed by atoms with E-state index in [1.54, 1.807) is 36.1 Å². The van der Waals surface area contributed by atoms with E-state index < -0.39 is 17.7 Å². The van der Waals surface area contributed by atoms with E-state index in [4.69, 9.17) is 0 Å². The number of aromatic nitrogens is 1. The average Bonchev–Trinajstić information content (AvgIpc) is 3.20. The summed E-state index contributed by atoms with van der Waals surface area (Å²) >= 11 is 0. The second kappa shape index (κ2) is 8.47. The summed E-state index contributed by atoms with van der Waals surface area (Å²) in [6.07, 6.45) is 0. The standard InChI is InChI=1S/C24H23N3O4/c1-16-20(15-21(25-16)17-6-3-2-4-7-17)22(28)23(29)27-12-10-26(11-13-27)19-9-5-8-18(14-19)24(30)31/h2-9,14-15,25H,10-13H2,1H3,(H,30,31). The van der Waals surface area contributed by atoms with E-state index in [1.165, 1.54) is 0 Å². The lowest BCUT2D eigenvalue weighted by Crippen LogP contribution is -2.50. The maximum atomic E-state index is 12.9. The summed E-state index contributed by atoms with van der Waals surface area (Å²) in [7, 11) is 0. The number of hydrogen-bond donors (Lipinski definition) is 2. The Kier molecular flexibility index (Phi) is 5.58. The van der Waals surface area contributed by atoms with Gasteiger partial charge in [-0.25, -0.2) is 4.79 Å². The number of aryl methyl sites for hydroxylation is 1. The largest absolute Gasteiger partial charge is 0.478 e. The molecule has 7 nitrogen and oxygen atoms in total. The van der Waals surface area contributed by atoms with E-state index in [0.29, 0.717) is 37.4 Å². The first-order chi connectivity index (χ1) is 14.9. The van der Waals surface area contributed by atoms with E-state index in [-0.39, 0.29) is 5.56 Å². The van der Waals surface area contributed by atoms with Gasteiger partial charge >= 0.3 is 5.97 Å². The fraction of sp³-hybridized carbons (Fsp3) is 0.208. The molecule has 1 fully saturated rings. The zero-order chi connectivity index (χ0) is 22.0. The molecular formula is C24H23N3O4. The summed E-state index contributed by atoms with van der Waals surface area (Å²) in [6, 6.07) is 18.1. The molecule has 1 saturated heterocycles. The third-order valence-electron chi connectivity index (χ3n) is 5.56. The number of H-pyrrole nitrogens is 1. The van der Waals surface area contributed by atoms with Gasteiger partial charge in [0.05, 0.1) is 5.56 Å². The van der Waals surface area contributed by atoms with Crippen molar-refractivity contribution >= 4 is 23.3 Å². The van der Waals surface area contributed by atoms with Crippen LogP contribution >= 0.6 is 0 Å². The summed E-state index contributed by atoms with van der Waals surface area (Å²) in [5.74, 6) is -2.00. The number of aromatic carboxylic acids is 1. The van der Waals surface area contributed by atoms with Gasteiger partial charge in [-0.2, -0.15) is 0 Å². The Labute approximate surface area is 179 Å². The second-order valence-corrected chi connectivity index (χ2v) is 7.55. The summed E-state index contributed by atoms with van der Waals surface area (Å²) in [6.45, 7) is 3.65. The van der Waals surface area contributed by atoms with Gasteiger partial charge in [-0.05, 0) is 36.8 Å². The first-order valence-corrected chi connectivity index (χ1v) is 10.1. The molecule has 0 radical (unpaired) electrons. The zero-order valence-corrected chi connectivity index (χ0v) is 17.2. The van der Waals surface area contributed by atoms with Crippen molar-refractivity contribution in [3.8, 4) is 11.3 Å². The number of anilines is 1. The quantitative estimate of drug-likeness (QED) is 0.491. The molecule has 1 aliphatic rings. The minimum atomic E-state index is -0.974. The van der Waals surface area contributed by atoms with Crippen LogP contribution in [0.25, 0.3) is 11.3 Å². The third kappa shape index (κ3) is 4.21. The predicted octanol–water partition coefficient (Wildman–Crippen LogP) is 3.22. The van der Waals surface area contributed by atoms with Gasteiger partial charge in [0.15, 0.2) is 0 Å². The highest BCUT2D eigenvalue weighted by Crippen LogP contribution is 2.23. The van der Waals surface area contributed by atoms with Crippen molar-refractivity contribution in [3.63, 3.8) is 0 Å². The number of Topliss-reactive ketones (excluding diaryl/α,β-unsaturated/α-hetero) is 1. The van der Waals surface area contributed by atoms with E-state index in [1.807, 2.05) is 41.3 Å². The van der Waals surface area contributed by atoms with Crippen LogP contribution in [0.15, 0.2) is 60.7 Å². The van der Waals surface area contributed by atoms with E-state index in [9.17, 15) is 19.5 Å². The van der Waals surface area contributed by atoms with Gasteiger partial charge in [-0.1, -0.05) is 36.4 Å². The molecule has 0 bridgehead atoms. The number of carboxylic acids is 1. The predicted molar refractivity (Wildman–Crippen MR) is 117 cm³/mol. The van der Waals surface area contributed by atoms with Crippen LogP contribution in [0.5, 0.6) is 0 Å². The molecule has 2 N–H and O–H groups in total. The molecule has 3 aromatic rings. The molecule has 31 heavy (non-hydrogen) atoms. The molecule has 4 rings (SSSR count). The van der Waals surface area contributed by atoms with E-state index >= 15 is 0 Å². The van der Waals surface area contributed by atoms with Crippen LogP contribution in [0.2, 0.25) is 0 Å².